The van der Waals surface area contributed by atoms with E-state index < -0.39 is 35.4 Å². The Morgan fingerprint density at radius 1 is 1.15 bits per heavy atom. The predicted octanol–water partition coefficient (Wildman–Crippen LogP) is 4.21. The minimum atomic E-state index is -4.52. The topological polar surface area (TPSA) is 122 Å². The molecule has 0 radical (unpaired) electrons. The van der Waals surface area contributed by atoms with Crippen LogP contribution in [0, 0.1) is 0 Å². The fourth-order valence-electron chi connectivity index (χ4n) is 3.66. The zero-order valence-corrected chi connectivity index (χ0v) is 16.9. The number of rotatable bonds is 2. The average Bonchev–Trinajstić information content (AvgIpc) is 2.97. The first-order chi connectivity index (χ1) is 15.6. The van der Waals surface area contributed by atoms with Crippen LogP contribution in [0.25, 0.3) is 11.3 Å². The molecule has 5 N–H and O–H groups in total. The largest absolute Gasteiger partial charge is 0.505 e. The van der Waals surface area contributed by atoms with Crippen molar-refractivity contribution in [3.63, 3.8) is 0 Å². The number of alkyl halides is 3. The monoisotopic (exact) mass is 464 g/mol. The van der Waals surface area contributed by atoms with Gasteiger partial charge in [-0.3, -0.25) is 10.0 Å². The SMILES string of the molecule is O=C(/C=C1\CCCOc2cc(C(F)(F)F)ccc21)Nc1ccc2c(c1)N(O)C(O)C(O)=C2O. The van der Waals surface area contributed by atoms with Gasteiger partial charge in [0.2, 0.25) is 12.1 Å². The fourth-order valence-corrected chi connectivity index (χ4v) is 3.66. The average molecular weight is 464 g/mol. The number of halogens is 3. The Morgan fingerprint density at radius 2 is 1.88 bits per heavy atom. The van der Waals surface area contributed by atoms with Crippen LogP contribution in [0.4, 0.5) is 24.5 Å². The van der Waals surface area contributed by atoms with Crippen LogP contribution >= 0.6 is 0 Å². The highest BCUT2D eigenvalue weighted by Crippen LogP contribution is 2.39. The predicted molar refractivity (Wildman–Crippen MR) is 112 cm³/mol. The van der Waals surface area contributed by atoms with E-state index in [9.17, 15) is 38.5 Å². The number of allylic oxidation sites excluding steroid dienone is 1. The molecule has 2 aromatic carbocycles. The third kappa shape index (κ3) is 4.32. The molecule has 0 bridgehead atoms. The molecule has 0 fully saturated rings. The third-order valence-corrected chi connectivity index (χ3v) is 5.29. The summed E-state index contributed by atoms with van der Waals surface area (Å²) in [5.74, 6) is -1.98. The van der Waals surface area contributed by atoms with E-state index in [2.05, 4.69) is 5.32 Å². The maximum Gasteiger partial charge on any atom is 0.416 e. The van der Waals surface area contributed by atoms with E-state index in [1.54, 1.807) is 0 Å². The number of ether oxygens (including phenoxy) is 1. The van der Waals surface area contributed by atoms with Gasteiger partial charge in [-0.1, -0.05) is 6.07 Å². The van der Waals surface area contributed by atoms with Gasteiger partial charge in [-0.15, -0.1) is 0 Å². The normalized spacial score (nSPS) is 19.5. The standard InChI is InChI=1S/C22H19F3N2O6/c23-22(24,25)12-3-5-14-11(2-1-7-33-17(14)9-12)8-18(28)26-13-4-6-15-16(10-13)27(32)21(31)20(30)19(15)29/h3-6,8-10,21,29-32H,1-2,7H2,(H,26,28)/b11-8+. The van der Waals surface area contributed by atoms with Crippen LogP contribution < -0.4 is 15.1 Å². The number of aliphatic hydroxyl groups excluding tert-OH is 3. The minimum absolute atomic E-state index is 0.0342. The quantitative estimate of drug-likeness (QED) is 0.422. The van der Waals surface area contributed by atoms with Crippen molar-refractivity contribution in [3.05, 3.63) is 64.9 Å². The lowest BCUT2D eigenvalue weighted by Gasteiger charge is -2.29. The van der Waals surface area contributed by atoms with Crippen molar-refractivity contribution in [3.8, 4) is 5.75 Å². The summed E-state index contributed by atoms with van der Waals surface area (Å²) < 4.78 is 44.5. The Labute approximate surface area is 185 Å². The molecular formula is C22H19F3N2O6. The van der Waals surface area contributed by atoms with E-state index >= 15 is 0 Å². The maximum atomic E-state index is 13.0. The molecule has 2 aliphatic rings. The van der Waals surface area contributed by atoms with Crippen molar-refractivity contribution < 1.29 is 43.2 Å². The smallest absolute Gasteiger partial charge is 0.416 e. The van der Waals surface area contributed by atoms with Crippen LogP contribution in [0.1, 0.15) is 29.5 Å². The Balaban J connectivity index is 1.60. The number of hydrogen-bond donors (Lipinski definition) is 5. The molecule has 2 aromatic rings. The van der Waals surface area contributed by atoms with Gasteiger partial charge in [0.15, 0.2) is 11.5 Å². The number of carbonyl (C=O) groups excluding carboxylic acids is 1. The van der Waals surface area contributed by atoms with Gasteiger partial charge in [-0.25, -0.2) is 5.06 Å². The van der Waals surface area contributed by atoms with E-state index in [1.807, 2.05) is 0 Å². The van der Waals surface area contributed by atoms with E-state index in [1.165, 1.54) is 30.3 Å². The number of anilines is 2. The molecule has 0 spiro atoms. The summed E-state index contributed by atoms with van der Waals surface area (Å²) in [5.41, 5.74) is 0.212. The van der Waals surface area contributed by atoms with Crippen molar-refractivity contribution in [2.24, 2.45) is 0 Å². The molecule has 1 atom stereocenters. The Bertz CT molecular complexity index is 1180. The third-order valence-electron chi connectivity index (χ3n) is 5.29. The number of nitrogens with one attached hydrogen (secondary N) is 1. The van der Waals surface area contributed by atoms with Crippen LogP contribution in [0.15, 0.2) is 48.2 Å². The second-order valence-corrected chi connectivity index (χ2v) is 7.50. The lowest BCUT2D eigenvalue weighted by atomic mass is 9.99. The molecule has 4 rings (SSSR count). The second-order valence-electron chi connectivity index (χ2n) is 7.50. The highest BCUT2D eigenvalue weighted by Gasteiger charge is 2.33. The summed E-state index contributed by atoms with van der Waals surface area (Å²) in [6, 6.07) is 7.12. The Hall–Kier alpha value is -3.70. The van der Waals surface area contributed by atoms with Crippen LogP contribution in [0.2, 0.25) is 0 Å². The first-order valence-electron chi connectivity index (χ1n) is 9.85. The summed E-state index contributed by atoms with van der Waals surface area (Å²) in [7, 11) is 0. The first-order valence-corrected chi connectivity index (χ1v) is 9.85. The molecule has 1 amide bonds. The van der Waals surface area contributed by atoms with Gasteiger partial charge < -0.3 is 25.4 Å². The maximum absolute atomic E-state index is 13.0. The van der Waals surface area contributed by atoms with Crippen molar-refractivity contribution in [1.82, 2.24) is 0 Å². The van der Waals surface area contributed by atoms with Gasteiger partial charge in [0.1, 0.15) is 5.75 Å². The fraction of sp³-hybridized carbons (Fsp3) is 0.227. The van der Waals surface area contributed by atoms with Crippen molar-refractivity contribution in [1.29, 1.82) is 0 Å². The molecule has 174 valence electrons. The number of amides is 1. The number of fused-ring (bicyclic) bond motifs is 2. The van der Waals surface area contributed by atoms with E-state index in [0.717, 1.165) is 12.1 Å². The highest BCUT2D eigenvalue weighted by molar-refractivity contribution is 6.04. The summed E-state index contributed by atoms with van der Waals surface area (Å²) in [6.45, 7) is 0.205. The molecule has 8 nitrogen and oxygen atoms in total. The van der Waals surface area contributed by atoms with Gasteiger partial charge in [-0.2, -0.15) is 13.2 Å². The number of aliphatic hydroxyl groups is 3. The molecule has 0 saturated heterocycles. The highest BCUT2D eigenvalue weighted by atomic mass is 19.4. The minimum Gasteiger partial charge on any atom is -0.505 e. The van der Waals surface area contributed by atoms with E-state index in [4.69, 9.17) is 4.74 Å². The van der Waals surface area contributed by atoms with E-state index in [-0.39, 0.29) is 29.3 Å². The molecule has 2 heterocycles. The molecule has 2 aliphatic heterocycles. The van der Waals surface area contributed by atoms with Gasteiger partial charge in [-0.05, 0) is 48.7 Å². The van der Waals surface area contributed by atoms with Gasteiger partial charge in [0, 0.05) is 22.9 Å². The molecular weight excluding hydrogens is 445 g/mol. The number of benzene rings is 2. The van der Waals surface area contributed by atoms with Crippen molar-refractivity contribution >= 4 is 28.6 Å². The number of nitrogens with zero attached hydrogens (tertiary/aromatic N) is 1. The molecule has 0 saturated carbocycles. The Morgan fingerprint density at radius 3 is 2.61 bits per heavy atom. The molecule has 0 aliphatic carbocycles. The first kappa shape index (κ1) is 22.5. The molecule has 33 heavy (non-hydrogen) atoms. The number of hydrogen-bond acceptors (Lipinski definition) is 7. The number of carbonyl (C=O) groups is 1. The summed E-state index contributed by atoms with van der Waals surface area (Å²) >= 11 is 0. The van der Waals surface area contributed by atoms with Crippen LogP contribution in [-0.2, 0) is 11.0 Å². The zero-order chi connectivity index (χ0) is 23.9. The zero-order valence-electron chi connectivity index (χ0n) is 16.9. The second kappa shape index (κ2) is 8.34. The van der Waals surface area contributed by atoms with Gasteiger partial charge >= 0.3 is 6.18 Å². The van der Waals surface area contributed by atoms with Gasteiger partial charge in [0.25, 0.3) is 0 Å². The van der Waals surface area contributed by atoms with Crippen molar-refractivity contribution in [2.45, 2.75) is 25.2 Å². The molecule has 1 unspecified atom stereocenters. The van der Waals surface area contributed by atoms with Crippen LogP contribution in [-0.4, -0.2) is 39.3 Å². The summed E-state index contributed by atoms with van der Waals surface area (Å²) in [5, 5.41) is 42.3. The van der Waals surface area contributed by atoms with Crippen LogP contribution in [0.3, 0.4) is 0 Å². The summed E-state index contributed by atoms with van der Waals surface area (Å²) in [4.78, 5) is 12.6. The molecule has 0 aromatic heterocycles. The lowest BCUT2D eigenvalue weighted by molar-refractivity contribution is -0.137. The number of hydroxylamine groups is 1. The molecule has 11 heteroatoms. The van der Waals surface area contributed by atoms with Crippen molar-refractivity contribution in [2.75, 3.05) is 17.0 Å². The lowest BCUT2D eigenvalue weighted by Crippen LogP contribution is -2.37. The summed E-state index contributed by atoms with van der Waals surface area (Å²) in [6.07, 6.45) is -4.23. The van der Waals surface area contributed by atoms with Gasteiger partial charge in [0.05, 0.1) is 17.9 Å². The van der Waals surface area contributed by atoms with E-state index in [0.29, 0.717) is 29.0 Å². The Kier molecular flexibility index (Phi) is 5.68. The van der Waals surface area contributed by atoms with Crippen LogP contribution in [0.5, 0.6) is 5.75 Å².